The molecule has 0 aliphatic carbocycles. The summed E-state index contributed by atoms with van der Waals surface area (Å²) in [4.78, 5) is 8.74. The molecular weight excluding hydrogens is 362 g/mol. The summed E-state index contributed by atoms with van der Waals surface area (Å²) in [5.41, 5.74) is 1.52. The Balaban J connectivity index is 2.16. The fourth-order valence-electron chi connectivity index (χ4n) is 1.82. The predicted molar refractivity (Wildman–Crippen MR) is 85.3 cm³/mol. The van der Waals surface area contributed by atoms with Gasteiger partial charge in [-0.3, -0.25) is 5.10 Å². The van der Waals surface area contributed by atoms with Crippen LogP contribution in [0.25, 0.3) is 5.65 Å². The summed E-state index contributed by atoms with van der Waals surface area (Å²) in [5, 5.41) is 6.87. The van der Waals surface area contributed by atoms with Crippen molar-refractivity contribution in [2.45, 2.75) is 6.92 Å². The van der Waals surface area contributed by atoms with Crippen LogP contribution in [0.2, 0.25) is 5.02 Å². The fraction of sp³-hybridized carbons (Fsp3) is 0.0833. The SMILES string of the molecule is Cc1nc(Nc2cccc(Cl)c2)n2[nH]c(=S)c(Br)c2n1. The molecule has 2 aromatic heterocycles. The summed E-state index contributed by atoms with van der Waals surface area (Å²) in [5.74, 6) is 1.23. The molecule has 0 spiro atoms. The molecule has 5 nitrogen and oxygen atoms in total. The van der Waals surface area contributed by atoms with Gasteiger partial charge in [-0.15, -0.1) is 0 Å². The lowest BCUT2D eigenvalue weighted by atomic mass is 10.3. The van der Waals surface area contributed by atoms with Crippen molar-refractivity contribution in [3.8, 4) is 0 Å². The number of anilines is 2. The van der Waals surface area contributed by atoms with Crippen molar-refractivity contribution in [3.05, 3.63) is 44.2 Å². The minimum absolute atomic E-state index is 0.569. The molecule has 2 heterocycles. The van der Waals surface area contributed by atoms with Gasteiger partial charge in [0.1, 0.15) is 10.5 Å². The molecule has 0 atom stereocenters. The molecule has 0 aliphatic rings. The van der Waals surface area contributed by atoms with Gasteiger partial charge in [0, 0.05) is 10.7 Å². The highest BCUT2D eigenvalue weighted by Gasteiger charge is 2.11. The fourth-order valence-corrected chi connectivity index (χ4v) is 2.54. The third-order valence-electron chi connectivity index (χ3n) is 2.65. The first-order valence-corrected chi connectivity index (χ1v) is 7.30. The second-order valence-electron chi connectivity index (χ2n) is 4.14. The lowest BCUT2D eigenvalue weighted by Crippen LogP contribution is -2.06. The third-order valence-corrected chi connectivity index (χ3v) is 4.19. The summed E-state index contributed by atoms with van der Waals surface area (Å²) in [6.07, 6.45) is 0. The third kappa shape index (κ3) is 2.44. The van der Waals surface area contributed by atoms with Crippen molar-refractivity contribution in [2.24, 2.45) is 0 Å². The van der Waals surface area contributed by atoms with Crippen LogP contribution in [-0.4, -0.2) is 19.6 Å². The number of hydrogen-bond acceptors (Lipinski definition) is 4. The maximum Gasteiger partial charge on any atom is 0.230 e. The molecule has 3 aromatic rings. The van der Waals surface area contributed by atoms with Crippen molar-refractivity contribution in [1.29, 1.82) is 0 Å². The molecule has 102 valence electrons. The summed E-state index contributed by atoms with van der Waals surface area (Å²) in [6, 6.07) is 7.40. The smallest absolute Gasteiger partial charge is 0.230 e. The first-order valence-electron chi connectivity index (χ1n) is 5.72. The average Bonchev–Trinajstić information content (AvgIpc) is 2.67. The molecule has 8 heteroatoms. The van der Waals surface area contributed by atoms with E-state index in [0.717, 1.165) is 10.2 Å². The molecule has 0 unspecified atom stereocenters. The number of fused-ring (bicyclic) bond motifs is 1. The molecular formula is C12H9BrClN5S. The highest BCUT2D eigenvalue weighted by molar-refractivity contribution is 9.10. The summed E-state index contributed by atoms with van der Waals surface area (Å²) in [6.45, 7) is 1.83. The van der Waals surface area contributed by atoms with Gasteiger partial charge in [-0.2, -0.15) is 4.98 Å². The number of halogens is 2. The number of nitrogens with zero attached hydrogens (tertiary/aromatic N) is 3. The predicted octanol–water partition coefficient (Wildman–Crippen LogP) is 4.25. The van der Waals surface area contributed by atoms with E-state index < -0.39 is 0 Å². The number of aryl methyl sites for hydroxylation is 1. The van der Waals surface area contributed by atoms with Crippen molar-refractivity contribution in [3.63, 3.8) is 0 Å². The molecule has 0 aliphatic heterocycles. The maximum absolute atomic E-state index is 5.98. The lowest BCUT2D eigenvalue weighted by molar-refractivity contribution is 0.877. The molecule has 1 aromatic carbocycles. The molecule has 0 bridgehead atoms. The second kappa shape index (κ2) is 5.16. The standard InChI is InChI=1S/C12H9BrClN5S/c1-6-15-10-9(13)11(20)18-19(10)12(16-6)17-8-4-2-3-7(14)5-8/h2-5H,1H3,(H,18,20)(H,15,16,17). The van der Waals surface area contributed by atoms with E-state index >= 15 is 0 Å². The van der Waals surface area contributed by atoms with Crippen LogP contribution in [0, 0.1) is 11.6 Å². The Bertz CT molecular complexity index is 857. The van der Waals surface area contributed by atoms with Crippen LogP contribution in [0.3, 0.4) is 0 Å². The molecule has 0 saturated heterocycles. The Kier molecular flexibility index (Phi) is 3.49. The molecule has 0 fully saturated rings. The lowest BCUT2D eigenvalue weighted by Gasteiger charge is -2.08. The summed E-state index contributed by atoms with van der Waals surface area (Å²) in [7, 11) is 0. The van der Waals surface area contributed by atoms with Crippen molar-refractivity contribution >= 4 is 57.0 Å². The highest BCUT2D eigenvalue weighted by Crippen LogP contribution is 2.23. The molecule has 0 saturated carbocycles. The first kappa shape index (κ1) is 13.5. The van der Waals surface area contributed by atoms with Gasteiger partial charge in [-0.25, -0.2) is 9.50 Å². The Hall–Kier alpha value is -1.44. The van der Waals surface area contributed by atoms with Crippen LogP contribution in [-0.2, 0) is 0 Å². The van der Waals surface area contributed by atoms with Gasteiger partial charge in [0.2, 0.25) is 5.95 Å². The van der Waals surface area contributed by atoms with Crippen LogP contribution in [0.15, 0.2) is 28.7 Å². The zero-order valence-corrected chi connectivity index (χ0v) is 13.5. The first-order chi connectivity index (χ1) is 9.54. The quantitative estimate of drug-likeness (QED) is 0.662. The van der Waals surface area contributed by atoms with E-state index in [0.29, 0.717) is 27.1 Å². The number of rotatable bonds is 2. The minimum atomic E-state index is 0.569. The Morgan fingerprint density at radius 2 is 2.20 bits per heavy atom. The summed E-state index contributed by atoms with van der Waals surface area (Å²) >= 11 is 14.6. The minimum Gasteiger partial charge on any atom is -0.324 e. The van der Waals surface area contributed by atoms with Gasteiger partial charge < -0.3 is 5.32 Å². The zero-order chi connectivity index (χ0) is 14.3. The number of benzene rings is 1. The second-order valence-corrected chi connectivity index (χ2v) is 5.78. The van der Waals surface area contributed by atoms with Gasteiger partial charge in [0.25, 0.3) is 0 Å². The van der Waals surface area contributed by atoms with E-state index in [-0.39, 0.29) is 0 Å². The Morgan fingerprint density at radius 1 is 1.40 bits per heavy atom. The highest BCUT2D eigenvalue weighted by atomic mass is 79.9. The maximum atomic E-state index is 5.98. The monoisotopic (exact) mass is 369 g/mol. The van der Waals surface area contributed by atoms with Crippen LogP contribution in [0.1, 0.15) is 5.82 Å². The number of H-pyrrole nitrogens is 1. The Labute approximate surface area is 133 Å². The van der Waals surface area contributed by atoms with Crippen LogP contribution in [0.4, 0.5) is 11.6 Å². The van der Waals surface area contributed by atoms with Gasteiger partial charge in [-0.05, 0) is 41.1 Å². The molecule has 0 radical (unpaired) electrons. The van der Waals surface area contributed by atoms with Gasteiger partial charge in [-0.1, -0.05) is 29.9 Å². The van der Waals surface area contributed by atoms with Crippen LogP contribution >= 0.6 is 39.7 Å². The van der Waals surface area contributed by atoms with E-state index in [2.05, 4.69) is 36.3 Å². The number of nitrogens with one attached hydrogen (secondary N) is 2. The Morgan fingerprint density at radius 3 is 2.95 bits per heavy atom. The van der Waals surface area contributed by atoms with E-state index in [1.54, 1.807) is 4.52 Å². The van der Waals surface area contributed by atoms with E-state index in [1.807, 2.05) is 31.2 Å². The molecule has 3 rings (SSSR count). The van der Waals surface area contributed by atoms with E-state index in [9.17, 15) is 0 Å². The summed E-state index contributed by atoms with van der Waals surface area (Å²) < 4.78 is 3.01. The topological polar surface area (TPSA) is 58.0 Å². The molecule has 20 heavy (non-hydrogen) atoms. The van der Waals surface area contributed by atoms with Gasteiger partial charge >= 0.3 is 0 Å². The van der Waals surface area contributed by atoms with Crippen molar-refractivity contribution < 1.29 is 0 Å². The number of aromatic nitrogens is 4. The van der Waals surface area contributed by atoms with Crippen molar-refractivity contribution in [1.82, 2.24) is 19.6 Å². The molecule has 2 N–H and O–H groups in total. The van der Waals surface area contributed by atoms with Gasteiger partial charge in [0.15, 0.2) is 5.65 Å². The number of aromatic amines is 1. The largest absolute Gasteiger partial charge is 0.324 e. The zero-order valence-electron chi connectivity index (χ0n) is 10.3. The van der Waals surface area contributed by atoms with Crippen LogP contribution < -0.4 is 5.32 Å². The van der Waals surface area contributed by atoms with Crippen molar-refractivity contribution in [2.75, 3.05) is 5.32 Å². The van der Waals surface area contributed by atoms with E-state index in [1.165, 1.54) is 0 Å². The van der Waals surface area contributed by atoms with Gasteiger partial charge in [0.05, 0.1) is 4.47 Å². The molecule has 0 amide bonds. The average molecular weight is 371 g/mol. The number of hydrogen-bond donors (Lipinski definition) is 2. The normalized spacial score (nSPS) is 10.9. The van der Waals surface area contributed by atoms with Crippen LogP contribution in [0.5, 0.6) is 0 Å². The van der Waals surface area contributed by atoms with E-state index in [4.69, 9.17) is 23.8 Å².